The van der Waals surface area contributed by atoms with Crippen molar-refractivity contribution in [3.05, 3.63) is 0 Å². The van der Waals surface area contributed by atoms with Gasteiger partial charge in [-0.15, -0.1) is 0 Å². The zero-order valence-corrected chi connectivity index (χ0v) is 7.98. The van der Waals surface area contributed by atoms with Gasteiger partial charge in [-0.25, -0.2) is 4.79 Å². The van der Waals surface area contributed by atoms with Crippen LogP contribution in [-0.4, -0.2) is 41.4 Å². The lowest BCUT2D eigenvalue weighted by Crippen LogP contribution is -2.22. The van der Waals surface area contributed by atoms with Crippen LogP contribution in [-0.2, 0) is 14.9 Å². The maximum absolute atomic E-state index is 10.0. The van der Waals surface area contributed by atoms with E-state index >= 15 is 0 Å². The van der Waals surface area contributed by atoms with Crippen molar-refractivity contribution >= 4 is 16.3 Å². The second-order valence-electron chi connectivity index (χ2n) is 1.78. The summed E-state index contributed by atoms with van der Waals surface area (Å²) in [5, 5.41) is 15.4. The molecule has 7 nitrogen and oxygen atoms in total. The average Bonchev–Trinajstić information content (AvgIpc) is 1.85. The van der Waals surface area contributed by atoms with Crippen molar-refractivity contribution in [2.45, 2.75) is 19.3 Å². The van der Waals surface area contributed by atoms with Gasteiger partial charge in [0, 0.05) is 6.61 Å². The summed E-state index contributed by atoms with van der Waals surface area (Å²) in [5.74, 6) is 0. The Labute approximate surface area is 75.7 Å². The number of carbonyl (C=O) groups is 1. The summed E-state index contributed by atoms with van der Waals surface area (Å²) in [6.45, 7) is 2.84. The molecular formula is C5H12O7S. The normalized spacial score (nSPS) is 12.3. The van der Waals surface area contributed by atoms with Crippen molar-refractivity contribution in [1.29, 1.82) is 0 Å². The predicted molar refractivity (Wildman–Crippen MR) is 42.9 cm³/mol. The van der Waals surface area contributed by atoms with E-state index in [0.29, 0.717) is 0 Å². The van der Waals surface area contributed by atoms with Crippen LogP contribution in [0.3, 0.4) is 0 Å². The molecule has 0 aromatic rings. The Morgan fingerprint density at radius 2 is 1.85 bits per heavy atom. The summed E-state index contributed by atoms with van der Waals surface area (Å²) in [4.78, 5) is 9.66. The summed E-state index contributed by atoms with van der Waals surface area (Å²) < 4.78 is 31.9. The molecule has 0 bridgehead atoms. The Bertz CT molecular complexity index is 231. The van der Waals surface area contributed by atoms with Gasteiger partial charge in [-0.2, -0.15) is 8.42 Å². The number of aliphatic hydroxyl groups excluding tert-OH is 1. The van der Waals surface area contributed by atoms with Crippen LogP contribution in [0.4, 0.5) is 4.79 Å². The Morgan fingerprint density at radius 3 is 1.92 bits per heavy atom. The van der Waals surface area contributed by atoms with Crippen molar-refractivity contribution in [3.8, 4) is 0 Å². The number of hydrogen-bond donors (Lipinski definition) is 3. The Kier molecular flexibility index (Phi) is 7.48. The highest BCUT2D eigenvalue weighted by atomic mass is 32.2. The van der Waals surface area contributed by atoms with E-state index in [0.717, 1.165) is 6.92 Å². The number of ether oxygens (including phenoxy) is 1. The van der Waals surface area contributed by atoms with Gasteiger partial charge in [0.1, 0.15) is 0 Å². The van der Waals surface area contributed by atoms with Gasteiger partial charge >= 0.3 is 16.3 Å². The maximum Gasteiger partial charge on any atom is 0.507 e. The highest BCUT2D eigenvalue weighted by Crippen LogP contribution is 1.98. The van der Waals surface area contributed by atoms with Crippen molar-refractivity contribution in [2.24, 2.45) is 0 Å². The first-order valence-corrected chi connectivity index (χ1v) is 4.72. The zero-order valence-electron chi connectivity index (χ0n) is 7.17. The van der Waals surface area contributed by atoms with E-state index in [1.165, 1.54) is 0 Å². The molecule has 3 N–H and O–H groups in total. The summed E-state index contributed by atoms with van der Waals surface area (Å²) in [6, 6.07) is 0. The van der Waals surface area contributed by atoms with Crippen LogP contribution in [0.2, 0.25) is 0 Å². The smallest absolute Gasteiger partial charge is 0.450 e. The van der Waals surface area contributed by atoms with Crippen molar-refractivity contribution in [3.63, 3.8) is 0 Å². The molecule has 13 heavy (non-hydrogen) atoms. The van der Waals surface area contributed by atoms with Crippen LogP contribution in [0, 0.1) is 0 Å². The molecule has 0 amide bonds. The molecule has 0 saturated carbocycles. The van der Waals surface area contributed by atoms with Gasteiger partial charge in [-0.1, -0.05) is 0 Å². The molecule has 8 heteroatoms. The lowest BCUT2D eigenvalue weighted by Gasteiger charge is -2.04. The fourth-order valence-electron chi connectivity index (χ4n) is 0.203. The number of rotatable bonds is 2. The molecule has 0 fully saturated rings. The Hall–Kier alpha value is -0.860. The van der Waals surface area contributed by atoms with E-state index < -0.39 is 21.7 Å². The number of hydrogen-bond acceptors (Lipinski definition) is 5. The van der Waals surface area contributed by atoms with Gasteiger partial charge in [0.05, 0.1) is 0 Å². The zero-order chi connectivity index (χ0) is 11.1. The first-order valence-electron chi connectivity index (χ1n) is 3.22. The number of aliphatic hydroxyl groups is 1. The molecule has 0 rings (SSSR count). The minimum Gasteiger partial charge on any atom is -0.450 e. The minimum absolute atomic E-state index is 0.250. The van der Waals surface area contributed by atoms with E-state index in [2.05, 4.69) is 4.74 Å². The van der Waals surface area contributed by atoms with E-state index in [9.17, 15) is 13.2 Å². The predicted octanol–water partition coefficient (Wildman–Crippen LogP) is -0.0866. The summed E-state index contributed by atoms with van der Waals surface area (Å²) in [7, 11) is -4.40. The third-order valence-corrected chi connectivity index (χ3v) is 1.62. The van der Waals surface area contributed by atoms with Gasteiger partial charge in [-0.3, -0.25) is 4.55 Å². The summed E-state index contributed by atoms with van der Waals surface area (Å²) in [6.07, 6.45) is -1.75. The molecule has 1 atom stereocenters. The van der Waals surface area contributed by atoms with E-state index in [-0.39, 0.29) is 6.61 Å². The highest BCUT2D eigenvalue weighted by molar-refractivity contribution is 7.86. The summed E-state index contributed by atoms with van der Waals surface area (Å²) in [5.41, 5.74) is -1.73. The fourth-order valence-corrected chi connectivity index (χ4v) is 0.407. The largest absolute Gasteiger partial charge is 0.507 e. The van der Waals surface area contributed by atoms with Crippen LogP contribution in [0.25, 0.3) is 0 Å². The molecule has 0 heterocycles. The van der Waals surface area contributed by atoms with Crippen molar-refractivity contribution in [1.82, 2.24) is 0 Å². The molecule has 0 aliphatic rings. The number of carboxylic acid groups (broad SMARTS) is 1. The maximum atomic E-state index is 10.0. The van der Waals surface area contributed by atoms with Crippen LogP contribution in [0.1, 0.15) is 13.8 Å². The SMILES string of the molecule is CC(OC(=O)O)S(=O)(=O)O.CCO. The lowest BCUT2D eigenvalue weighted by molar-refractivity contribution is 0.0812. The van der Waals surface area contributed by atoms with E-state index in [4.69, 9.17) is 14.8 Å². The molecule has 80 valence electrons. The van der Waals surface area contributed by atoms with Gasteiger partial charge in [-0.05, 0) is 13.8 Å². The van der Waals surface area contributed by atoms with E-state index in [1.54, 1.807) is 6.92 Å². The molecule has 0 aromatic heterocycles. The second kappa shape index (κ2) is 6.63. The minimum atomic E-state index is -4.40. The van der Waals surface area contributed by atoms with Gasteiger partial charge < -0.3 is 14.9 Å². The topological polar surface area (TPSA) is 121 Å². The van der Waals surface area contributed by atoms with Crippen molar-refractivity contribution in [2.75, 3.05) is 6.61 Å². The Balaban J connectivity index is 0. The first kappa shape index (κ1) is 14.7. The van der Waals surface area contributed by atoms with Crippen molar-refractivity contribution < 1.29 is 32.7 Å². The highest BCUT2D eigenvalue weighted by Gasteiger charge is 2.20. The lowest BCUT2D eigenvalue weighted by atomic mass is 10.9. The fraction of sp³-hybridized carbons (Fsp3) is 0.800. The van der Waals surface area contributed by atoms with Gasteiger partial charge in [0.15, 0.2) is 0 Å². The van der Waals surface area contributed by atoms with E-state index in [1.807, 2.05) is 0 Å². The first-order chi connectivity index (χ1) is 5.75. The van der Waals surface area contributed by atoms with Crippen LogP contribution in [0.5, 0.6) is 0 Å². The van der Waals surface area contributed by atoms with Gasteiger partial charge in [0.2, 0.25) is 5.44 Å². The molecule has 1 unspecified atom stereocenters. The molecule has 0 saturated heterocycles. The Morgan fingerprint density at radius 1 is 1.54 bits per heavy atom. The van der Waals surface area contributed by atoms with Crippen LogP contribution >= 0.6 is 0 Å². The van der Waals surface area contributed by atoms with Crippen LogP contribution in [0.15, 0.2) is 0 Å². The van der Waals surface area contributed by atoms with Crippen LogP contribution < -0.4 is 0 Å². The molecule has 0 aliphatic carbocycles. The molecule has 0 aliphatic heterocycles. The third-order valence-electron chi connectivity index (χ3n) is 0.686. The average molecular weight is 216 g/mol. The monoisotopic (exact) mass is 216 g/mol. The molecule has 0 aromatic carbocycles. The van der Waals surface area contributed by atoms with Gasteiger partial charge in [0.25, 0.3) is 0 Å². The standard InChI is InChI=1S/C3H6O6S.C2H6O/c1-2(9-3(4)5)10(6,7)8;1-2-3/h2H,1H3,(H,4,5)(H,6,7,8);3H,2H2,1H3. The second-order valence-corrected chi connectivity index (χ2v) is 3.48. The summed E-state index contributed by atoms with van der Waals surface area (Å²) >= 11 is 0. The molecule has 0 radical (unpaired) electrons. The third kappa shape index (κ3) is 11.1. The molecule has 0 spiro atoms. The quantitative estimate of drug-likeness (QED) is 0.435. The molecular weight excluding hydrogens is 204 g/mol.